The molecule has 0 bridgehead atoms. The molecule has 8 heteroatoms. The number of benzene rings is 1. The first-order valence-corrected chi connectivity index (χ1v) is 10.2. The Labute approximate surface area is 168 Å². The van der Waals surface area contributed by atoms with Crippen molar-refractivity contribution in [1.82, 2.24) is 14.4 Å². The Morgan fingerprint density at radius 1 is 1.18 bits per heavy atom. The van der Waals surface area contributed by atoms with Gasteiger partial charge in [-0.05, 0) is 38.8 Å². The molecule has 2 aliphatic heterocycles. The van der Waals surface area contributed by atoms with Gasteiger partial charge in [0.1, 0.15) is 0 Å². The van der Waals surface area contributed by atoms with Crippen LogP contribution in [-0.2, 0) is 16.2 Å². The number of halogens is 1. The van der Waals surface area contributed by atoms with Crippen molar-refractivity contribution < 1.29 is 13.9 Å². The molecule has 0 N–H and O–H groups in total. The third-order valence-electron chi connectivity index (χ3n) is 5.64. The van der Waals surface area contributed by atoms with Crippen LogP contribution in [0.15, 0.2) is 27.4 Å². The SMILES string of the molecule is C[C@@H]1CN(C(=O)C2CCN(Cn3c(=O)oc4cc(Cl)ccc43)CC2)C[C@H](C)O1. The summed E-state index contributed by atoms with van der Waals surface area (Å²) in [5.74, 6) is -0.0978. The highest BCUT2D eigenvalue weighted by atomic mass is 35.5. The summed E-state index contributed by atoms with van der Waals surface area (Å²) < 4.78 is 12.7. The minimum Gasteiger partial charge on any atom is -0.408 e. The van der Waals surface area contributed by atoms with Crippen LogP contribution in [0.5, 0.6) is 0 Å². The van der Waals surface area contributed by atoms with Gasteiger partial charge in [0, 0.05) is 43.2 Å². The van der Waals surface area contributed by atoms with Crippen LogP contribution in [0.4, 0.5) is 0 Å². The van der Waals surface area contributed by atoms with Crippen LogP contribution in [0.2, 0.25) is 5.02 Å². The van der Waals surface area contributed by atoms with E-state index in [1.807, 2.05) is 18.7 Å². The summed E-state index contributed by atoms with van der Waals surface area (Å²) in [6.45, 7) is 7.37. The highest BCUT2D eigenvalue weighted by Crippen LogP contribution is 2.24. The summed E-state index contributed by atoms with van der Waals surface area (Å²) in [7, 11) is 0. The number of oxazole rings is 1. The zero-order chi connectivity index (χ0) is 19.8. The van der Waals surface area contributed by atoms with Crippen molar-refractivity contribution in [2.45, 2.75) is 45.6 Å². The lowest BCUT2D eigenvalue weighted by atomic mass is 9.95. The number of ether oxygens (including phenoxy) is 1. The Bertz CT molecular complexity index is 906. The standard InChI is InChI=1S/C20H26ClN3O4/c1-13-10-23(11-14(2)27-13)19(25)15-5-7-22(8-6-15)12-24-17-4-3-16(21)9-18(17)28-20(24)26/h3-4,9,13-15H,5-8,10-12H2,1-2H3/t13-,14+. The summed E-state index contributed by atoms with van der Waals surface area (Å²) >= 11 is 5.97. The Hall–Kier alpha value is -1.83. The molecule has 0 aliphatic carbocycles. The quantitative estimate of drug-likeness (QED) is 0.782. The van der Waals surface area contributed by atoms with Crippen LogP contribution in [0.25, 0.3) is 11.1 Å². The first kappa shape index (κ1) is 19.5. The van der Waals surface area contributed by atoms with Crippen LogP contribution in [-0.4, -0.2) is 58.7 Å². The fourth-order valence-electron chi connectivity index (χ4n) is 4.31. The maximum atomic E-state index is 12.9. The molecule has 7 nitrogen and oxygen atoms in total. The molecule has 1 amide bonds. The van der Waals surface area contributed by atoms with E-state index in [1.54, 1.807) is 22.8 Å². The zero-order valence-corrected chi connectivity index (χ0v) is 17.0. The largest absolute Gasteiger partial charge is 0.421 e. The first-order valence-electron chi connectivity index (χ1n) is 9.86. The third kappa shape index (κ3) is 3.97. The number of carbonyl (C=O) groups excluding carboxylic acids is 1. The van der Waals surface area contributed by atoms with Crippen molar-refractivity contribution >= 4 is 28.6 Å². The van der Waals surface area contributed by atoms with Gasteiger partial charge in [0.25, 0.3) is 0 Å². The van der Waals surface area contributed by atoms with E-state index in [0.29, 0.717) is 30.4 Å². The Kier molecular flexibility index (Phi) is 5.49. The van der Waals surface area contributed by atoms with E-state index in [1.165, 1.54) is 0 Å². The summed E-state index contributed by atoms with van der Waals surface area (Å²) in [4.78, 5) is 29.3. The number of morpholine rings is 1. The van der Waals surface area contributed by atoms with E-state index in [-0.39, 0.29) is 29.8 Å². The molecule has 152 valence electrons. The molecule has 0 unspecified atom stereocenters. The van der Waals surface area contributed by atoms with E-state index in [9.17, 15) is 9.59 Å². The number of nitrogens with zero attached hydrogens (tertiary/aromatic N) is 3. The Morgan fingerprint density at radius 2 is 1.86 bits per heavy atom. The predicted molar refractivity (Wildman–Crippen MR) is 106 cm³/mol. The zero-order valence-electron chi connectivity index (χ0n) is 16.3. The minimum absolute atomic E-state index is 0.0466. The number of amides is 1. The van der Waals surface area contributed by atoms with Crippen LogP contribution in [0.3, 0.4) is 0 Å². The molecule has 1 aromatic heterocycles. The van der Waals surface area contributed by atoms with Gasteiger partial charge >= 0.3 is 5.76 Å². The van der Waals surface area contributed by atoms with Crippen molar-refractivity contribution in [3.63, 3.8) is 0 Å². The van der Waals surface area contributed by atoms with E-state index in [2.05, 4.69) is 4.90 Å². The predicted octanol–water partition coefficient (Wildman–Crippen LogP) is 2.55. The Morgan fingerprint density at radius 3 is 2.54 bits per heavy atom. The van der Waals surface area contributed by atoms with Crippen molar-refractivity contribution in [1.29, 1.82) is 0 Å². The second kappa shape index (κ2) is 7.89. The van der Waals surface area contributed by atoms with Crippen molar-refractivity contribution in [2.24, 2.45) is 5.92 Å². The number of hydrogen-bond donors (Lipinski definition) is 0. The monoisotopic (exact) mass is 407 g/mol. The highest BCUT2D eigenvalue weighted by Gasteiger charge is 2.32. The number of rotatable bonds is 3. The molecule has 1 aromatic carbocycles. The lowest BCUT2D eigenvalue weighted by Gasteiger charge is -2.39. The van der Waals surface area contributed by atoms with Crippen molar-refractivity contribution in [2.75, 3.05) is 26.2 Å². The molecule has 28 heavy (non-hydrogen) atoms. The average Bonchev–Trinajstić information content (AvgIpc) is 2.95. The van der Waals surface area contributed by atoms with Gasteiger partial charge in [0.2, 0.25) is 5.91 Å². The summed E-state index contributed by atoms with van der Waals surface area (Å²) in [6, 6.07) is 5.22. The lowest BCUT2D eigenvalue weighted by molar-refractivity contribution is -0.149. The van der Waals surface area contributed by atoms with Crippen molar-refractivity contribution in [3.05, 3.63) is 33.8 Å². The number of carbonyl (C=O) groups is 1. The molecule has 0 radical (unpaired) electrons. The van der Waals surface area contributed by atoms with E-state index in [0.717, 1.165) is 31.4 Å². The normalized spacial score (nSPS) is 24.8. The maximum absolute atomic E-state index is 12.9. The molecule has 2 saturated heterocycles. The number of likely N-dealkylation sites (tertiary alicyclic amines) is 1. The summed E-state index contributed by atoms with van der Waals surface area (Å²) in [5, 5.41) is 0.541. The molecule has 0 spiro atoms. The highest BCUT2D eigenvalue weighted by molar-refractivity contribution is 6.31. The van der Waals surface area contributed by atoms with Gasteiger partial charge in [-0.3, -0.25) is 14.3 Å². The number of piperidine rings is 1. The van der Waals surface area contributed by atoms with Gasteiger partial charge < -0.3 is 14.1 Å². The smallest absolute Gasteiger partial charge is 0.408 e. The first-order chi connectivity index (χ1) is 13.4. The topological polar surface area (TPSA) is 67.9 Å². The molecule has 2 aliphatic rings. The molecule has 2 fully saturated rings. The van der Waals surface area contributed by atoms with E-state index in [4.69, 9.17) is 20.8 Å². The van der Waals surface area contributed by atoms with Crippen LogP contribution >= 0.6 is 11.6 Å². The van der Waals surface area contributed by atoms with Gasteiger partial charge in [-0.2, -0.15) is 0 Å². The summed E-state index contributed by atoms with van der Waals surface area (Å²) in [6.07, 6.45) is 1.77. The number of fused-ring (bicyclic) bond motifs is 1. The Balaban J connectivity index is 1.38. The summed E-state index contributed by atoms with van der Waals surface area (Å²) in [5.41, 5.74) is 1.24. The molecule has 2 atom stereocenters. The number of hydrogen-bond acceptors (Lipinski definition) is 5. The third-order valence-corrected chi connectivity index (χ3v) is 5.87. The molecule has 4 rings (SSSR count). The fraction of sp³-hybridized carbons (Fsp3) is 0.600. The van der Waals surface area contributed by atoms with Crippen LogP contribution in [0, 0.1) is 5.92 Å². The van der Waals surface area contributed by atoms with E-state index >= 15 is 0 Å². The lowest BCUT2D eigenvalue weighted by Crippen LogP contribution is -2.51. The fourth-order valence-corrected chi connectivity index (χ4v) is 4.47. The molecule has 3 heterocycles. The molecule has 0 saturated carbocycles. The molecular weight excluding hydrogens is 382 g/mol. The van der Waals surface area contributed by atoms with Gasteiger partial charge in [-0.15, -0.1) is 0 Å². The van der Waals surface area contributed by atoms with Gasteiger partial charge in [0.05, 0.1) is 24.4 Å². The second-order valence-corrected chi connectivity index (χ2v) is 8.38. The molecular formula is C20H26ClN3O4. The van der Waals surface area contributed by atoms with Crippen LogP contribution in [0.1, 0.15) is 26.7 Å². The van der Waals surface area contributed by atoms with Crippen molar-refractivity contribution in [3.8, 4) is 0 Å². The number of aromatic nitrogens is 1. The maximum Gasteiger partial charge on any atom is 0.421 e. The van der Waals surface area contributed by atoms with E-state index < -0.39 is 0 Å². The molecule has 2 aromatic rings. The van der Waals surface area contributed by atoms with Gasteiger partial charge in [0.15, 0.2) is 5.58 Å². The van der Waals surface area contributed by atoms with Gasteiger partial charge in [-0.25, -0.2) is 4.79 Å². The average molecular weight is 408 g/mol. The second-order valence-electron chi connectivity index (χ2n) is 7.94. The minimum atomic E-state index is -0.383. The van der Waals surface area contributed by atoms with Gasteiger partial charge in [-0.1, -0.05) is 11.6 Å². The van der Waals surface area contributed by atoms with Crippen LogP contribution < -0.4 is 5.76 Å².